The lowest BCUT2D eigenvalue weighted by molar-refractivity contribution is -0.120. The Hall–Kier alpha value is -1.16. The van der Waals surface area contributed by atoms with Gasteiger partial charge in [0.1, 0.15) is 5.78 Å². The number of carbonyl (C=O) groups is 1. The Morgan fingerprint density at radius 2 is 2.25 bits per heavy atom. The van der Waals surface area contributed by atoms with Crippen molar-refractivity contribution in [3.05, 3.63) is 23.5 Å². The number of hydrogen-bond acceptors (Lipinski definition) is 3. The number of rotatable bonds is 3. The molecule has 2 aromatic rings. The normalized spacial score (nSPS) is 12.2. The van der Waals surface area contributed by atoms with Crippen LogP contribution in [-0.4, -0.2) is 15.2 Å². The van der Waals surface area contributed by atoms with Crippen molar-refractivity contribution in [3.63, 3.8) is 0 Å². The van der Waals surface area contributed by atoms with Gasteiger partial charge in [0, 0.05) is 24.2 Å². The minimum absolute atomic E-state index is 0.0637. The smallest absolute Gasteiger partial charge is 0.193 e. The number of nitrogens with zero attached hydrogens (tertiary/aromatic N) is 2. The summed E-state index contributed by atoms with van der Waals surface area (Å²) in [5, 5.41) is 1.99. The first-order valence-electron chi connectivity index (χ1n) is 5.37. The van der Waals surface area contributed by atoms with Crippen molar-refractivity contribution in [2.45, 2.75) is 33.6 Å². The van der Waals surface area contributed by atoms with E-state index in [2.05, 4.69) is 25.8 Å². The summed E-state index contributed by atoms with van der Waals surface area (Å²) >= 11 is 1.59. The molecule has 2 heterocycles. The standard InChI is InChI=1S/C12H16N2OS/c1-12(2,3)7-10(15)6-9-8-14-4-5-16-11(14)13-9/h4-5,8H,6-7H2,1-3H3. The molecule has 0 spiro atoms. The Morgan fingerprint density at radius 1 is 1.50 bits per heavy atom. The second-order valence-electron chi connectivity index (χ2n) is 5.28. The molecule has 86 valence electrons. The lowest BCUT2D eigenvalue weighted by Crippen LogP contribution is -2.14. The summed E-state index contributed by atoms with van der Waals surface area (Å²) in [6.45, 7) is 6.24. The summed E-state index contributed by atoms with van der Waals surface area (Å²) in [4.78, 5) is 17.1. The zero-order valence-electron chi connectivity index (χ0n) is 9.86. The Kier molecular flexibility index (Phi) is 2.84. The van der Waals surface area contributed by atoms with Crippen LogP contribution in [0.1, 0.15) is 32.9 Å². The molecule has 0 unspecified atom stereocenters. The van der Waals surface area contributed by atoms with E-state index in [-0.39, 0.29) is 11.2 Å². The molecule has 0 saturated carbocycles. The molecule has 4 heteroatoms. The van der Waals surface area contributed by atoms with Gasteiger partial charge >= 0.3 is 0 Å². The Morgan fingerprint density at radius 3 is 2.88 bits per heavy atom. The maximum atomic E-state index is 11.8. The average Bonchev–Trinajstić information content (AvgIpc) is 2.58. The number of thiazole rings is 1. The second-order valence-corrected chi connectivity index (χ2v) is 6.15. The monoisotopic (exact) mass is 236 g/mol. The van der Waals surface area contributed by atoms with E-state index >= 15 is 0 Å². The van der Waals surface area contributed by atoms with Crippen LogP contribution in [-0.2, 0) is 11.2 Å². The van der Waals surface area contributed by atoms with Gasteiger partial charge in [-0.2, -0.15) is 0 Å². The first-order chi connectivity index (χ1) is 7.44. The largest absolute Gasteiger partial charge is 0.299 e. The van der Waals surface area contributed by atoms with Crippen LogP contribution in [0.3, 0.4) is 0 Å². The number of ketones is 1. The molecule has 0 bridgehead atoms. The van der Waals surface area contributed by atoms with Gasteiger partial charge < -0.3 is 0 Å². The zero-order chi connectivity index (χ0) is 11.8. The second kappa shape index (κ2) is 4.01. The van der Waals surface area contributed by atoms with Gasteiger partial charge in [-0.25, -0.2) is 4.98 Å². The molecular formula is C12H16N2OS. The maximum absolute atomic E-state index is 11.8. The van der Waals surface area contributed by atoms with Crippen molar-refractivity contribution >= 4 is 22.1 Å². The van der Waals surface area contributed by atoms with Crippen molar-refractivity contribution in [3.8, 4) is 0 Å². The van der Waals surface area contributed by atoms with Crippen molar-refractivity contribution < 1.29 is 4.79 Å². The Labute approximate surface area is 99.1 Å². The lowest BCUT2D eigenvalue weighted by atomic mass is 9.89. The number of Topliss-reactive ketones (excluding diaryl/α,β-unsaturated/α-hetero) is 1. The van der Waals surface area contributed by atoms with Crippen LogP contribution in [0.2, 0.25) is 0 Å². The van der Waals surface area contributed by atoms with E-state index in [1.54, 1.807) is 11.3 Å². The molecule has 0 fully saturated rings. The van der Waals surface area contributed by atoms with Crippen LogP contribution in [0.25, 0.3) is 4.96 Å². The molecule has 0 amide bonds. The highest BCUT2D eigenvalue weighted by molar-refractivity contribution is 7.15. The van der Waals surface area contributed by atoms with Crippen molar-refractivity contribution in [1.29, 1.82) is 0 Å². The fourth-order valence-corrected chi connectivity index (χ4v) is 2.44. The van der Waals surface area contributed by atoms with E-state index in [1.807, 2.05) is 22.2 Å². The molecule has 2 aromatic heterocycles. The molecule has 0 N–H and O–H groups in total. The predicted octanol–water partition coefficient (Wildman–Crippen LogP) is 2.94. The molecular weight excluding hydrogens is 220 g/mol. The average molecular weight is 236 g/mol. The molecule has 3 nitrogen and oxygen atoms in total. The van der Waals surface area contributed by atoms with Crippen LogP contribution >= 0.6 is 11.3 Å². The van der Waals surface area contributed by atoms with Gasteiger partial charge in [0.25, 0.3) is 0 Å². The topological polar surface area (TPSA) is 34.4 Å². The fraction of sp³-hybridized carbons (Fsp3) is 0.500. The number of fused-ring (bicyclic) bond motifs is 1. The minimum Gasteiger partial charge on any atom is -0.299 e. The summed E-state index contributed by atoms with van der Waals surface area (Å²) in [6.07, 6.45) is 4.96. The fourth-order valence-electron chi connectivity index (χ4n) is 1.72. The summed E-state index contributed by atoms with van der Waals surface area (Å²) in [7, 11) is 0. The van der Waals surface area contributed by atoms with E-state index in [0.717, 1.165) is 10.7 Å². The molecule has 0 aliphatic rings. The van der Waals surface area contributed by atoms with Crippen molar-refractivity contribution in [2.24, 2.45) is 5.41 Å². The molecule has 0 saturated heterocycles. The van der Waals surface area contributed by atoms with Crippen LogP contribution in [0.5, 0.6) is 0 Å². The summed E-state index contributed by atoms with van der Waals surface area (Å²) in [6, 6.07) is 0. The highest BCUT2D eigenvalue weighted by Gasteiger charge is 2.17. The van der Waals surface area contributed by atoms with Gasteiger partial charge in [-0.15, -0.1) is 11.3 Å². The van der Waals surface area contributed by atoms with E-state index in [1.165, 1.54) is 0 Å². The first-order valence-corrected chi connectivity index (χ1v) is 6.25. The van der Waals surface area contributed by atoms with E-state index in [4.69, 9.17) is 0 Å². The molecule has 2 rings (SSSR count). The number of aromatic nitrogens is 2. The Balaban J connectivity index is 2.05. The lowest BCUT2D eigenvalue weighted by Gasteiger charge is -2.16. The SMILES string of the molecule is CC(C)(C)CC(=O)Cc1cn2ccsc2n1. The summed E-state index contributed by atoms with van der Waals surface area (Å²) < 4.78 is 1.96. The molecule has 0 radical (unpaired) electrons. The van der Waals surface area contributed by atoms with Gasteiger partial charge in [0.15, 0.2) is 4.96 Å². The van der Waals surface area contributed by atoms with Gasteiger partial charge in [-0.05, 0) is 5.41 Å². The van der Waals surface area contributed by atoms with Gasteiger partial charge in [-0.1, -0.05) is 20.8 Å². The molecule has 0 aromatic carbocycles. The Bertz CT molecular complexity index is 476. The van der Waals surface area contributed by atoms with Gasteiger partial charge in [0.2, 0.25) is 0 Å². The molecule has 0 aliphatic carbocycles. The highest BCUT2D eigenvalue weighted by Crippen LogP contribution is 2.20. The van der Waals surface area contributed by atoms with Crippen molar-refractivity contribution in [2.75, 3.05) is 0 Å². The van der Waals surface area contributed by atoms with Gasteiger partial charge in [0.05, 0.1) is 12.1 Å². The predicted molar refractivity (Wildman–Crippen MR) is 65.9 cm³/mol. The molecule has 16 heavy (non-hydrogen) atoms. The van der Waals surface area contributed by atoms with Crippen LogP contribution in [0.15, 0.2) is 17.8 Å². The highest BCUT2D eigenvalue weighted by atomic mass is 32.1. The van der Waals surface area contributed by atoms with Gasteiger partial charge in [-0.3, -0.25) is 9.20 Å². The zero-order valence-corrected chi connectivity index (χ0v) is 10.7. The van der Waals surface area contributed by atoms with E-state index in [9.17, 15) is 4.79 Å². The minimum atomic E-state index is 0.0637. The van der Waals surface area contributed by atoms with E-state index in [0.29, 0.717) is 12.8 Å². The number of imidazole rings is 1. The quantitative estimate of drug-likeness (QED) is 0.821. The summed E-state index contributed by atoms with van der Waals surface area (Å²) in [5.41, 5.74) is 0.940. The van der Waals surface area contributed by atoms with Crippen LogP contribution in [0.4, 0.5) is 0 Å². The molecule has 0 aliphatic heterocycles. The van der Waals surface area contributed by atoms with Crippen LogP contribution in [0, 0.1) is 5.41 Å². The van der Waals surface area contributed by atoms with Crippen LogP contribution < -0.4 is 0 Å². The van der Waals surface area contributed by atoms with E-state index < -0.39 is 0 Å². The summed E-state index contributed by atoms with van der Waals surface area (Å²) in [5.74, 6) is 0.262. The third-order valence-corrected chi connectivity index (χ3v) is 3.02. The molecule has 0 atom stereocenters. The third-order valence-electron chi connectivity index (χ3n) is 2.25. The number of hydrogen-bond donors (Lipinski definition) is 0. The first kappa shape index (κ1) is 11.3. The maximum Gasteiger partial charge on any atom is 0.193 e. The third kappa shape index (κ3) is 2.70. The number of carbonyl (C=O) groups excluding carboxylic acids is 1. The van der Waals surface area contributed by atoms with Crippen molar-refractivity contribution in [1.82, 2.24) is 9.38 Å².